The molecule has 0 saturated carbocycles. The summed E-state index contributed by atoms with van der Waals surface area (Å²) in [6.45, 7) is 3.44. The first-order valence-electron chi connectivity index (χ1n) is 7.98. The fourth-order valence-electron chi connectivity index (χ4n) is 2.72. The maximum atomic E-state index is 12.7. The smallest absolute Gasteiger partial charge is 0.259 e. The molecule has 0 saturated heterocycles. The monoisotopic (exact) mass is 327 g/mol. The first-order valence-corrected chi connectivity index (χ1v) is 7.98. The molecule has 6 heteroatoms. The van der Waals surface area contributed by atoms with Crippen LogP contribution in [0.3, 0.4) is 0 Å². The Kier molecular flexibility index (Phi) is 4.66. The van der Waals surface area contributed by atoms with Crippen molar-refractivity contribution in [1.29, 1.82) is 0 Å². The molecule has 0 atom stereocenters. The van der Waals surface area contributed by atoms with E-state index in [-0.39, 0.29) is 5.91 Å². The summed E-state index contributed by atoms with van der Waals surface area (Å²) in [7, 11) is 1.60. The number of carbonyl (C=O) groups is 1. The third kappa shape index (κ3) is 2.92. The van der Waals surface area contributed by atoms with E-state index < -0.39 is 0 Å². The number of aromatic nitrogens is 1. The van der Waals surface area contributed by atoms with Crippen LogP contribution in [0.2, 0.25) is 0 Å². The number of anilines is 1. The first kappa shape index (κ1) is 16.3. The van der Waals surface area contributed by atoms with E-state index in [1.807, 2.05) is 25.1 Å². The van der Waals surface area contributed by atoms with E-state index >= 15 is 0 Å². The molecular weight excluding hydrogens is 306 g/mol. The molecule has 126 valence electrons. The minimum absolute atomic E-state index is 0.0475. The number of fused-ring (bicyclic) bond motifs is 1. The van der Waals surface area contributed by atoms with Crippen LogP contribution in [0.5, 0.6) is 11.5 Å². The third-order valence-corrected chi connectivity index (χ3v) is 3.98. The summed E-state index contributed by atoms with van der Waals surface area (Å²) in [5, 5.41) is 0. The van der Waals surface area contributed by atoms with Gasteiger partial charge in [0.05, 0.1) is 26.0 Å². The molecule has 24 heavy (non-hydrogen) atoms. The average molecular weight is 327 g/mol. The summed E-state index contributed by atoms with van der Waals surface area (Å²) in [4.78, 5) is 18.7. The van der Waals surface area contributed by atoms with E-state index in [4.69, 9.17) is 15.2 Å². The summed E-state index contributed by atoms with van der Waals surface area (Å²) >= 11 is 0. The zero-order valence-corrected chi connectivity index (χ0v) is 13.9. The van der Waals surface area contributed by atoms with Gasteiger partial charge >= 0.3 is 0 Å². The molecule has 0 aliphatic carbocycles. The molecule has 2 aromatic rings. The van der Waals surface area contributed by atoms with Gasteiger partial charge in [0.2, 0.25) is 0 Å². The zero-order valence-electron chi connectivity index (χ0n) is 13.9. The van der Waals surface area contributed by atoms with Gasteiger partial charge in [0.15, 0.2) is 11.5 Å². The minimum atomic E-state index is -0.0475. The highest BCUT2D eigenvalue weighted by atomic mass is 16.5. The van der Waals surface area contributed by atoms with Crippen LogP contribution in [0, 0.1) is 0 Å². The lowest BCUT2D eigenvalue weighted by atomic mass is 10.1. The van der Waals surface area contributed by atoms with Gasteiger partial charge in [-0.25, -0.2) is 0 Å². The highest BCUT2D eigenvalue weighted by molar-refractivity contribution is 6.10. The van der Waals surface area contributed by atoms with Crippen molar-refractivity contribution < 1.29 is 14.3 Å². The van der Waals surface area contributed by atoms with Crippen molar-refractivity contribution in [1.82, 2.24) is 4.98 Å². The summed E-state index contributed by atoms with van der Waals surface area (Å²) in [6, 6.07) is 7.30. The fourth-order valence-corrected chi connectivity index (χ4v) is 2.72. The van der Waals surface area contributed by atoms with Crippen LogP contribution in [0.15, 0.2) is 30.5 Å². The van der Waals surface area contributed by atoms with Crippen LogP contribution in [0.25, 0.3) is 0 Å². The van der Waals surface area contributed by atoms with Gasteiger partial charge in [-0.05, 0) is 24.6 Å². The highest BCUT2D eigenvalue weighted by Crippen LogP contribution is 2.35. The Bertz CT molecular complexity index is 761. The molecule has 3 rings (SSSR count). The summed E-state index contributed by atoms with van der Waals surface area (Å²) in [5.74, 6) is 1.25. The van der Waals surface area contributed by atoms with Crippen LogP contribution in [-0.2, 0) is 13.1 Å². The number of nitrogens with two attached hydrogens (primary N) is 1. The third-order valence-electron chi connectivity index (χ3n) is 3.98. The van der Waals surface area contributed by atoms with Crippen LogP contribution in [-0.4, -0.2) is 24.6 Å². The van der Waals surface area contributed by atoms with Gasteiger partial charge in [-0.15, -0.1) is 0 Å². The largest absolute Gasteiger partial charge is 0.493 e. The van der Waals surface area contributed by atoms with Gasteiger partial charge in [-0.1, -0.05) is 6.92 Å². The SMILES string of the molecule is CCCOc1cc(N2Cc3cnc(CN)cc3C2=O)ccc1OC. The van der Waals surface area contributed by atoms with Crippen LogP contribution in [0.4, 0.5) is 5.69 Å². The average Bonchev–Trinajstić information content (AvgIpc) is 2.95. The van der Waals surface area contributed by atoms with Gasteiger partial charge in [0.1, 0.15) is 0 Å². The van der Waals surface area contributed by atoms with Gasteiger partial charge < -0.3 is 20.1 Å². The Labute approximate surface area is 141 Å². The maximum Gasteiger partial charge on any atom is 0.259 e. The highest BCUT2D eigenvalue weighted by Gasteiger charge is 2.29. The number of methoxy groups -OCH3 is 1. The Morgan fingerprint density at radius 1 is 1.29 bits per heavy atom. The van der Waals surface area contributed by atoms with Gasteiger partial charge in [0.25, 0.3) is 5.91 Å². The molecule has 0 bridgehead atoms. The van der Waals surface area contributed by atoms with E-state index in [0.29, 0.717) is 42.5 Å². The maximum absolute atomic E-state index is 12.7. The standard InChI is InChI=1S/C18H21N3O3/c1-3-6-24-17-8-14(4-5-16(17)23-2)21-11-12-10-20-13(9-19)7-15(12)18(21)22/h4-5,7-8,10H,3,6,9,11,19H2,1-2H3. The number of rotatable bonds is 6. The molecule has 0 radical (unpaired) electrons. The molecule has 2 heterocycles. The molecule has 0 fully saturated rings. The van der Waals surface area contributed by atoms with Crippen molar-refractivity contribution in [3.05, 3.63) is 47.3 Å². The second-order valence-corrected chi connectivity index (χ2v) is 5.61. The van der Waals surface area contributed by atoms with Gasteiger partial charge in [-0.3, -0.25) is 9.78 Å². The first-order chi connectivity index (χ1) is 11.7. The molecule has 1 aliphatic rings. The van der Waals surface area contributed by atoms with Crippen LogP contribution in [0.1, 0.15) is 35.0 Å². The lowest BCUT2D eigenvalue weighted by Gasteiger charge is -2.18. The van der Waals surface area contributed by atoms with Crippen molar-refractivity contribution >= 4 is 11.6 Å². The molecule has 1 aliphatic heterocycles. The molecule has 2 N–H and O–H groups in total. The Morgan fingerprint density at radius 3 is 2.83 bits per heavy atom. The van der Waals surface area contributed by atoms with E-state index in [9.17, 15) is 4.79 Å². The molecular formula is C18H21N3O3. The lowest BCUT2D eigenvalue weighted by Crippen LogP contribution is -2.23. The van der Waals surface area contributed by atoms with Crippen LogP contribution >= 0.6 is 0 Å². The van der Waals surface area contributed by atoms with Crippen molar-refractivity contribution in [2.75, 3.05) is 18.6 Å². The van der Waals surface area contributed by atoms with Gasteiger partial charge in [-0.2, -0.15) is 0 Å². The van der Waals surface area contributed by atoms with Crippen molar-refractivity contribution in [3.63, 3.8) is 0 Å². The molecule has 1 aromatic heterocycles. The summed E-state index contributed by atoms with van der Waals surface area (Å²) in [6.07, 6.45) is 2.63. The quantitative estimate of drug-likeness (QED) is 0.882. The Balaban J connectivity index is 1.91. The number of hydrogen-bond acceptors (Lipinski definition) is 5. The molecule has 0 unspecified atom stereocenters. The number of nitrogens with zero attached hydrogens (tertiary/aromatic N) is 2. The molecule has 6 nitrogen and oxygen atoms in total. The topological polar surface area (TPSA) is 77.7 Å². The number of benzene rings is 1. The van der Waals surface area contributed by atoms with Gasteiger partial charge in [0, 0.05) is 35.6 Å². The number of amides is 1. The zero-order chi connectivity index (χ0) is 17.1. The predicted octanol–water partition coefficient (Wildman–Crippen LogP) is 2.50. The second-order valence-electron chi connectivity index (χ2n) is 5.61. The lowest BCUT2D eigenvalue weighted by molar-refractivity contribution is 0.0996. The number of ether oxygens (including phenoxy) is 2. The van der Waals surface area contributed by atoms with Crippen molar-refractivity contribution in [2.24, 2.45) is 5.73 Å². The predicted molar refractivity (Wildman–Crippen MR) is 91.4 cm³/mol. The molecule has 1 amide bonds. The Morgan fingerprint density at radius 2 is 2.12 bits per heavy atom. The van der Waals surface area contributed by atoms with E-state index in [1.54, 1.807) is 24.3 Å². The number of pyridine rings is 1. The van der Waals surface area contributed by atoms with Crippen molar-refractivity contribution in [3.8, 4) is 11.5 Å². The number of hydrogen-bond donors (Lipinski definition) is 1. The molecule has 0 spiro atoms. The molecule has 1 aromatic carbocycles. The second kappa shape index (κ2) is 6.88. The normalized spacial score (nSPS) is 13.1. The van der Waals surface area contributed by atoms with E-state index in [1.165, 1.54) is 0 Å². The summed E-state index contributed by atoms with van der Waals surface area (Å²) in [5.41, 5.74) is 8.68. The van der Waals surface area contributed by atoms with Crippen molar-refractivity contribution in [2.45, 2.75) is 26.4 Å². The Hall–Kier alpha value is -2.60. The minimum Gasteiger partial charge on any atom is -0.493 e. The summed E-state index contributed by atoms with van der Waals surface area (Å²) < 4.78 is 11.1. The van der Waals surface area contributed by atoms with E-state index in [2.05, 4.69) is 4.98 Å². The fraction of sp³-hybridized carbons (Fsp3) is 0.333. The van der Waals surface area contributed by atoms with Crippen LogP contribution < -0.4 is 20.1 Å². The van der Waals surface area contributed by atoms with E-state index in [0.717, 1.165) is 17.7 Å². The number of carbonyl (C=O) groups excluding carboxylic acids is 1.